The van der Waals surface area contributed by atoms with Gasteiger partial charge in [0.1, 0.15) is 0 Å². The molecule has 0 aliphatic heterocycles. The number of nitrogens with zero attached hydrogens (tertiary/aromatic N) is 2. The second kappa shape index (κ2) is 13.7. The summed E-state index contributed by atoms with van der Waals surface area (Å²) in [4.78, 5) is 29.5. The molecule has 242 valence electrons. The first-order chi connectivity index (χ1) is 21.6. The van der Waals surface area contributed by atoms with Gasteiger partial charge in [-0.15, -0.1) is 0 Å². The predicted molar refractivity (Wildman–Crippen MR) is 159 cm³/mol. The number of ether oxygens (including phenoxy) is 1. The van der Waals surface area contributed by atoms with Gasteiger partial charge in [0.05, 0.1) is 13.2 Å². The number of hydrogen-bond donors (Lipinski definition) is 0. The summed E-state index contributed by atoms with van der Waals surface area (Å²) >= 11 is 0. The van der Waals surface area contributed by atoms with Crippen molar-refractivity contribution >= 4 is 23.2 Å². The van der Waals surface area contributed by atoms with Crippen LogP contribution in [0.1, 0.15) is 37.4 Å². The molecule has 4 aromatic carbocycles. The van der Waals surface area contributed by atoms with Crippen molar-refractivity contribution in [1.82, 2.24) is 0 Å². The summed E-state index contributed by atoms with van der Waals surface area (Å²) in [5, 5.41) is 0. The van der Waals surface area contributed by atoms with Crippen molar-refractivity contribution in [2.75, 3.05) is 30.0 Å². The Morgan fingerprint density at radius 1 is 0.696 bits per heavy atom. The van der Waals surface area contributed by atoms with Crippen LogP contribution in [0.25, 0.3) is 0 Å². The molecule has 0 aromatic heterocycles. The first-order valence-corrected chi connectivity index (χ1v) is 14.0. The lowest BCUT2D eigenvalue weighted by Gasteiger charge is -2.31. The Hall–Kier alpha value is -4.71. The van der Waals surface area contributed by atoms with E-state index in [9.17, 15) is 40.3 Å². The zero-order valence-electron chi connectivity index (χ0n) is 24.7. The maximum atomic E-state index is 14.6. The van der Waals surface area contributed by atoms with Crippen LogP contribution in [-0.4, -0.2) is 44.4 Å². The van der Waals surface area contributed by atoms with Crippen molar-refractivity contribution in [3.05, 3.63) is 131 Å². The Kier molecular flexibility index (Phi) is 10.2. The molecule has 0 atom stereocenters. The Bertz CT molecular complexity index is 1650. The molecule has 0 bridgehead atoms. The Balaban J connectivity index is 1.59. The maximum absolute atomic E-state index is 14.6. The number of amides is 2. The van der Waals surface area contributed by atoms with E-state index in [1.54, 1.807) is 36.4 Å². The summed E-state index contributed by atoms with van der Waals surface area (Å²) in [6.45, 7) is 1.76. The Morgan fingerprint density at radius 2 is 1.28 bits per heavy atom. The number of hydrogen-bond acceptors (Lipinski definition) is 3. The zero-order chi connectivity index (χ0) is 33.7. The molecule has 0 unspecified atom stereocenters. The molecule has 0 N–H and O–H groups in total. The minimum Gasteiger partial charge on any atom is -0.375 e. The molecule has 4 rings (SSSR count). The van der Waals surface area contributed by atoms with E-state index in [1.165, 1.54) is 37.1 Å². The van der Waals surface area contributed by atoms with Crippen LogP contribution in [0, 0.1) is 6.92 Å². The van der Waals surface area contributed by atoms with Gasteiger partial charge in [-0.2, -0.15) is 26.3 Å². The van der Waals surface area contributed by atoms with Gasteiger partial charge in [0.2, 0.25) is 0 Å². The normalized spacial score (nSPS) is 12.1. The second-order valence-corrected chi connectivity index (χ2v) is 10.4. The zero-order valence-corrected chi connectivity index (χ0v) is 24.7. The standard InChI is InChI=1S/C34H29F7N2O3/c1-23-20-27(32(35,33(36,37)38)34(39,40)41)16-17-29(23)42(2)30(44)26-14-9-15-28(21-26)43(31(45)25-12-7-4-8-13-25)18-19-46-22-24-10-5-3-6-11-24/h3-17,20-21H,18-19,22H2,1-2H3. The minimum atomic E-state index is -6.27. The Labute approximate surface area is 260 Å². The van der Waals surface area contributed by atoms with Crippen LogP contribution in [0.3, 0.4) is 0 Å². The smallest absolute Gasteiger partial charge is 0.375 e. The summed E-state index contributed by atoms with van der Waals surface area (Å²) in [5.74, 6) is -1.04. The molecule has 0 fully saturated rings. The van der Waals surface area contributed by atoms with Gasteiger partial charge in [-0.1, -0.05) is 66.7 Å². The predicted octanol–water partition coefficient (Wildman–Crippen LogP) is 8.42. The molecule has 0 saturated carbocycles. The maximum Gasteiger partial charge on any atom is 0.435 e. The van der Waals surface area contributed by atoms with Gasteiger partial charge in [-0.25, -0.2) is 4.39 Å². The second-order valence-electron chi connectivity index (χ2n) is 10.4. The van der Waals surface area contributed by atoms with Crippen molar-refractivity contribution in [2.45, 2.75) is 31.6 Å². The van der Waals surface area contributed by atoms with Crippen LogP contribution in [-0.2, 0) is 17.0 Å². The lowest BCUT2D eigenvalue weighted by atomic mass is 9.92. The molecule has 4 aromatic rings. The molecular formula is C34H29F7N2O3. The van der Waals surface area contributed by atoms with Crippen LogP contribution >= 0.6 is 0 Å². The van der Waals surface area contributed by atoms with Gasteiger partial charge in [0, 0.05) is 41.7 Å². The van der Waals surface area contributed by atoms with Gasteiger partial charge in [-0.3, -0.25) is 9.59 Å². The quantitative estimate of drug-likeness (QED) is 0.128. The lowest BCUT2D eigenvalue weighted by molar-refractivity contribution is -0.348. The minimum absolute atomic E-state index is 0.0441. The summed E-state index contributed by atoms with van der Waals surface area (Å²) in [6, 6.07) is 25.5. The summed E-state index contributed by atoms with van der Waals surface area (Å²) in [5.41, 5.74) is -5.74. The molecule has 0 spiro atoms. The highest BCUT2D eigenvalue weighted by Crippen LogP contribution is 2.53. The van der Waals surface area contributed by atoms with Gasteiger partial charge >= 0.3 is 18.0 Å². The lowest BCUT2D eigenvalue weighted by Crippen LogP contribution is -2.50. The fourth-order valence-electron chi connectivity index (χ4n) is 4.85. The van der Waals surface area contributed by atoms with Crippen LogP contribution in [0.2, 0.25) is 0 Å². The fourth-order valence-corrected chi connectivity index (χ4v) is 4.85. The topological polar surface area (TPSA) is 49.9 Å². The molecule has 0 heterocycles. The average molecular weight is 647 g/mol. The van der Waals surface area contributed by atoms with E-state index in [-0.39, 0.29) is 35.9 Å². The Morgan fingerprint density at radius 3 is 1.87 bits per heavy atom. The molecule has 5 nitrogen and oxygen atoms in total. The first-order valence-electron chi connectivity index (χ1n) is 14.0. The van der Waals surface area contributed by atoms with Crippen LogP contribution in [0.4, 0.5) is 42.1 Å². The fraction of sp³-hybridized carbons (Fsp3) is 0.235. The number of alkyl halides is 7. The van der Waals surface area contributed by atoms with Gasteiger partial charge < -0.3 is 14.5 Å². The highest BCUT2D eigenvalue weighted by Gasteiger charge is 2.73. The number of carbonyl (C=O) groups excluding carboxylic acids is 2. The molecule has 12 heteroatoms. The number of anilines is 2. The summed E-state index contributed by atoms with van der Waals surface area (Å²) in [6.07, 6.45) is -12.5. The van der Waals surface area contributed by atoms with Crippen LogP contribution in [0.5, 0.6) is 0 Å². The average Bonchev–Trinajstić information content (AvgIpc) is 3.03. The van der Waals surface area contributed by atoms with Crippen molar-refractivity contribution in [1.29, 1.82) is 0 Å². The van der Waals surface area contributed by atoms with Gasteiger partial charge in [0.25, 0.3) is 11.8 Å². The summed E-state index contributed by atoms with van der Waals surface area (Å²) < 4.78 is 100. The van der Waals surface area contributed by atoms with E-state index in [1.807, 2.05) is 30.3 Å². The highest BCUT2D eigenvalue weighted by molar-refractivity contribution is 6.09. The molecular weight excluding hydrogens is 617 g/mol. The molecule has 2 amide bonds. The number of aryl methyl sites for hydroxylation is 1. The summed E-state index contributed by atoms with van der Waals surface area (Å²) in [7, 11) is 1.28. The van der Waals surface area contributed by atoms with Gasteiger partial charge in [0.15, 0.2) is 0 Å². The third-order valence-corrected chi connectivity index (χ3v) is 7.28. The molecule has 0 aliphatic rings. The SMILES string of the molecule is Cc1cc(C(F)(C(F)(F)F)C(F)(F)F)ccc1N(C)C(=O)c1cccc(N(CCOCc2ccccc2)C(=O)c2ccccc2)c1. The van der Waals surface area contributed by atoms with Crippen molar-refractivity contribution in [2.24, 2.45) is 0 Å². The van der Waals surface area contributed by atoms with E-state index in [0.717, 1.165) is 16.5 Å². The molecule has 0 radical (unpaired) electrons. The van der Waals surface area contributed by atoms with E-state index in [0.29, 0.717) is 30.0 Å². The van der Waals surface area contributed by atoms with Crippen LogP contribution < -0.4 is 9.80 Å². The third-order valence-electron chi connectivity index (χ3n) is 7.28. The largest absolute Gasteiger partial charge is 0.435 e. The molecule has 0 saturated heterocycles. The number of carbonyl (C=O) groups is 2. The van der Waals surface area contributed by atoms with Crippen molar-refractivity contribution in [3.63, 3.8) is 0 Å². The number of benzene rings is 4. The van der Waals surface area contributed by atoms with E-state index < -0.39 is 29.5 Å². The van der Waals surface area contributed by atoms with E-state index >= 15 is 0 Å². The number of halogens is 7. The molecule has 46 heavy (non-hydrogen) atoms. The first kappa shape index (κ1) is 34.2. The van der Waals surface area contributed by atoms with E-state index in [2.05, 4.69) is 0 Å². The monoisotopic (exact) mass is 646 g/mol. The third kappa shape index (κ3) is 7.23. The van der Waals surface area contributed by atoms with Crippen LogP contribution in [0.15, 0.2) is 103 Å². The molecule has 0 aliphatic carbocycles. The van der Waals surface area contributed by atoms with Crippen molar-refractivity contribution in [3.8, 4) is 0 Å². The highest BCUT2D eigenvalue weighted by atomic mass is 19.4. The number of rotatable bonds is 10. The van der Waals surface area contributed by atoms with E-state index in [4.69, 9.17) is 4.74 Å². The van der Waals surface area contributed by atoms with Gasteiger partial charge in [-0.05, 0) is 54.4 Å². The van der Waals surface area contributed by atoms with Crippen molar-refractivity contribution < 1.29 is 45.1 Å².